The van der Waals surface area contributed by atoms with E-state index in [1.165, 1.54) is 0 Å². The topological polar surface area (TPSA) is 72.9 Å². The van der Waals surface area contributed by atoms with Crippen molar-refractivity contribution in [3.8, 4) is 0 Å². The molecule has 90 valence electrons. The Morgan fingerprint density at radius 3 is 2.88 bits per heavy atom. The first-order chi connectivity index (χ1) is 7.52. The predicted molar refractivity (Wildman–Crippen MR) is 64.0 cm³/mol. The number of aromatic nitrogens is 2. The summed E-state index contributed by atoms with van der Waals surface area (Å²) in [6.07, 6.45) is 1.32. The highest BCUT2D eigenvalue weighted by Crippen LogP contribution is 2.10. The molecule has 1 rings (SSSR count). The second-order valence-corrected chi connectivity index (χ2v) is 4.22. The quantitative estimate of drug-likeness (QED) is 0.785. The van der Waals surface area contributed by atoms with Crippen molar-refractivity contribution in [1.82, 2.24) is 9.78 Å². The van der Waals surface area contributed by atoms with Gasteiger partial charge in [0.1, 0.15) is 5.82 Å². The summed E-state index contributed by atoms with van der Waals surface area (Å²) in [5.41, 5.74) is 6.39. The fraction of sp³-hybridized carbons (Fsp3) is 0.636. The fourth-order valence-corrected chi connectivity index (χ4v) is 1.43. The van der Waals surface area contributed by atoms with E-state index in [4.69, 9.17) is 5.73 Å². The van der Waals surface area contributed by atoms with Gasteiger partial charge in [0.05, 0.1) is 5.69 Å². The first-order valence-corrected chi connectivity index (χ1v) is 5.53. The SMILES string of the molecule is Cc1cc(NC(=O)CCC(C)CN)n(C)n1. The third-order valence-electron chi connectivity index (χ3n) is 2.54. The number of rotatable bonds is 5. The largest absolute Gasteiger partial charge is 0.330 e. The highest BCUT2D eigenvalue weighted by Gasteiger charge is 2.08. The monoisotopic (exact) mass is 224 g/mol. The number of nitrogens with two attached hydrogens (primary N) is 1. The Morgan fingerprint density at radius 1 is 1.69 bits per heavy atom. The van der Waals surface area contributed by atoms with Crippen LogP contribution in [0.5, 0.6) is 0 Å². The third-order valence-corrected chi connectivity index (χ3v) is 2.54. The maximum absolute atomic E-state index is 11.6. The van der Waals surface area contributed by atoms with Crippen LogP contribution in [0.3, 0.4) is 0 Å². The van der Waals surface area contributed by atoms with E-state index in [9.17, 15) is 4.79 Å². The van der Waals surface area contributed by atoms with Gasteiger partial charge in [-0.05, 0) is 25.8 Å². The standard InChI is InChI=1S/C11H20N4O/c1-8(7-12)4-5-11(16)13-10-6-9(2)14-15(10)3/h6,8H,4-5,7,12H2,1-3H3,(H,13,16). The zero-order chi connectivity index (χ0) is 12.1. The second-order valence-electron chi connectivity index (χ2n) is 4.22. The Labute approximate surface area is 96.0 Å². The van der Waals surface area contributed by atoms with Crippen LogP contribution >= 0.6 is 0 Å². The van der Waals surface area contributed by atoms with Gasteiger partial charge in [-0.15, -0.1) is 0 Å². The van der Waals surface area contributed by atoms with E-state index in [0.29, 0.717) is 18.9 Å². The molecular weight excluding hydrogens is 204 g/mol. The molecule has 5 nitrogen and oxygen atoms in total. The molecule has 0 saturated carbocycles. The Kier molecular flexibility index (Phi) is 4.49. The highest BCUT2D eigenvalue weighted by atomic mass is 16.1. The van der Waals surface area contributed by atoms with E-state index in [1.807, 2.05) is 27.0 Å². The molecule has 0 aliphatic carbocycles. The third kappa shape index (κ3) is 3.66. The average Bonchev–Trinajstić information content (AvgIpc) is 2.54. The van der Waals surface area contributed by atoms with Crippen LogP contribution in [0.25, 0.3) is 0 Å². The van der Waals surface area contributed by atoms with Crippen molar-refractivity contribution >= 4 is 11.7 Å². The number of carbonyl (C=O) groups is 1. The molecule has 1 aromatic rings. The summed E-state index contributed by atoms with van der Waals surface area (Å²) in [7, 11) is 1.81. The number of hydrogen-bond donors (Lipinski definition) is 2. The molecule has 0 saturated heterocycles. The molecule has 5 heteroatoms. The number of aryl methyl sites for hydroxylation is 2. The molecule has 0 aromatic carbocycles. The molecule has 1 heterocycles. The molecule has 0 bridgehead atoms. The first-order valence-electron chi connectivity index (χ1n) is 5.53. The summed E-state index contributed by atoms with van der Waals surface area (Å²) < 4.78 is 1.67. The van der Waals surface area contributed by atoms with Gasteiger partial charge in [0.2, 0.25) is 5.91 Å². The zero-order valence-corrected chi connectivity index (χ0v) is 10.2. The lowest BCUT2D eigenvalue weighted by Crippen LogP contribution is -2.17. The zero-order valence-electron chi connectivity index (χ0n) is 10.2. The Balaban J connectivity index is 2.43. The minimum absolute atomic E-state index is 0.0169. The predicted octanol–water partition coefficient (Wildman–Crippen LogP) is 1.04. The van der Waals surface area contributed by atoms with E-state index in [0.717, 1.165) is 17.9 Å². The maximum Gasteiger partial charge on any atom is 0.225 e. The number of carbonyl (C=O) groups excluding carboxylic acids is 1. The molecule has 1 aromatic heterocycles. The van der Waals surface area contributed by atoms with Gasteiger partial charge in [0, 0.05) is 19.5 Å². The number of hydrogen-bond acceptors (Lipinski definition) is 3. The van der Waals surface area contributed by atoms with Crippen molar-refractivity contribution in [2.75, 3.05) is 11.9 Å². The van der Waals surface area contributed by atoms with Crippen molar-refractivity contribution < 1.29 is 4.79 Å². The molecule has 1 unspecified atom stereocenters. The minimum Gasteiger partial charge on any atom is -0.330 e. The molecule has 0 spiro atoms. The first kappa shape index (κ1) is 12.7. The molecule has 0 aliphatic rings. The van der Waals surface area contributed by atoms with E-state index >= 15 is 0 Å². The second kappa shape index (κ2) is 5.65. The van der Waals surface area contributed by atoms with E-state index in [2.05, 4.69) is 10.4 Å². The van der Waals surface area contributed by atoms with Crippen LogP contribution in [0.15, 0.2) is 6.07 Å². The Hall–Kier alpha value is -1.36. The molecule has 16 heavy (non-hydrogen) atoms. The van der Waals surface area contributed by atoms with Crippen molar-refractivity contribution in [3.63, 3.8) is 0 Å². The van der Waals surface area contributed by atoms with Gasteiger partial charge in [-0.2, -0.15) is 5.10 Å². The molecule has 0 radical (unpaired) electrons. The van der Waals surface area contributed by atoms with Gasteiger partial charge >= 0.3 is 0 Å². The van der Waals surface area contributed by atoms with Crippen LogP contribution in [0, 0.1) is 12.8 Å². The molecule has 0 fully saturated rings. The van der Waals surface area contributed by atoms with Crippen LogP contribution in [-0.2, 0) is 11.8 Å². The Morgan fingerprint density at radius 2 is 2.38 bits per heavy atom. The van der Waals surface area contributed by atoms with E-state index in [1.54, 1.807) is 4.68 Å². The Bertz CT molecular complexity index is 359. The lowest BCUT2D eigenvalue weighted by atomic mass is 10.1. The average molecular weight is 224 g/mol. The van der Waals surface area contributed by atoms with Crippen molar-refractivity contribution in [2.24, 2.45) is 18.7 Å². The molecule has 1 atom stereocenters. The molecular formula is C11H20N4O. The van der Waals surface area contributed by atoms with Crippen LogP contribution in [0.1, 0.15) is 25.5 Å². The number of anilines is 1. The van der Waals surface area contributed by atoms with Gasteiger partial charge in [-0.25, -0.2) is 0 Å². The molecule has 0 aliphatic heterocycles. The smallest absolute Gasteiger partial charge is 0.225 e. The fourth-order valence-electron chi connectivity index (χ4n) is 1.43. The van der Waals surface area contributed by atoms with Gasteiger partial charge in [0.15, 0.2) is 0 Å². The highest BCUT2D eigenvalue weighted by molar-refractivity contribution is 5.89. The number of nitrogens with zero attached hydrogens (tertiary/aromatic N) is 2. The van der Waals surface area contributed by atoms with E-state index in [-0.39, 0.29) is 5.91 Å². The normalized spacial score (nSPS) is 12.5. The van der Waals surface area contributed by atoms with Crippen LogP contribution < -0.4 is 11.1 Å². The van der Waals surface area contributed by atoms with Crippen LogP contribution in [-0.4, -0.2) is 22.2 Å². The maximum atomic E-state index is 11.6. The van der Waals surface area contributed by atoms with Gasteiger partial charge in [-0.1, -0.05) is 6.92 Å². The number of amides is 1. The summed E-state index contributed by atoms with van der Waals surface area (Å²) in [6, 6.07) is 1.85. The van der Waals surface area contributed by atoms with Crippen molar-refractivity contribution in [2.45, 2.75) is 26.7 Å². The molecule has 1 amide bonds. The number of nitrogens with one attached hydrogen (secondary N) is 1. The summed E-state index contributed by atoms with van der Waals surface area (Å²) in [5, 5.41) is 6.99. The minimum atomic E-state index is 0.0169. The lowest BCUT2D eigenvalue weighted by Gasteiger charge is -2.08. The van der Waals surface area contributed by atoms with Gasteiger partial charge in [0.25, 0.3) is 0 Å². The van der Waals surface area contributed by atoms with Gasteiger partial charge in [-0.3, -0.25) is 9.48 Å². The molecule has 3 N–H and O–H groups in total. The summed E-state index contributed by atoms with van der Waals surface area (Å²) in [6.45, 7) is 4.56. The van der Waals surface area contributed by atoms with Crippen molar-refractivity contribution in [3.05, 3.63) is 11.8 Å². The van der Waals surface area contributed by atoms with Crippen LogP contribution in [0.2, 0.25) is 0 Å². The summed E-state index contributed by atoms with van der Waals surface area (Å²) in [4.78, 5) is 11.6. The van der Waals surface area contributed by atoms with E-state index < -0.39 is 0 Å². The summed E-state index contributed by atoms with van der Waals surface area (Å²) >= 11 is 0. The van der Waals surface area contributed by atoms with Gasteiger partial charge < -0.3 is 11.1 Å². The van der Waals surface area contributed by atoms with Crippen LogP contribution in [0.4, 0.5) is 5.82 Å². The summed E-state index contributed by atoms with van der Waals surface area (Å²) in [5.74, 6) is 1.14. The van der Waals surface area contributed by atoms with Crippen molar-refractivity contribution in [1.29, 1.82) is 0 Å². The lowest BCUT2D eigenvalue weighted by molar-refractivity contribution is -0.116.